The number of halogens is 1. The SMILES string of the molecule is CNCCc1cnn(-c2ccc(C)c(Br)c2)c1C. The van der Waals surface area contributed by atoms with Crippen LogP contribution >= 0.6 is 15.9 Å². The number of nitrogens with one attached hydrogen (secondary N) is 1. The van der Waals surface area contributed by atoms with Crippen molar-refractivity contribution in [3.63, 3.8) is 0 Å². The highest BCUT2D eigenvalue weighted by molar-refractivity contribution is 9.10. The van der Waals surface area contributed by atoms with Crippen LogP contribution in [0.2, 0.25) is 0 Å². The normalized spacial score (nSPS) is 10.9. The topological polar surface area (TPSA) is 29.9 Å². The lowest BCUT2D eigenvalue weighted by atomic mass is 10.2. The van der Waals surface area contributed by atoms with Crippen LogP contribution in [0.4, 0.5) is 0 Å². The van der Waals surface area contributed by atoms with Gasteiger partial charge in [-0.2, -0.15) is 5.10 Å². The van der Waals surface area contributed by atoms with Gasteiger partial charge < -0.3 is 5.32 Å². The van der Waals surface area contributed by atoms with Gasteiger partial charge in [0.25, 0.3) is 0 Å². The molecular weight excluding hydrogens is 290 g/mol. The van der Waals surface area contributed by atoms with Gasteiger partial charge in [-0.15, -0.1) is 0 Å². The van der Waals surface area contributed by atoms with Gasteiger partial charge in [0.15, 0.2) is 0 Å². The Morgan fingerprint density at radius 1 is 1.33 bits per heavy atom. The zero-order valence-electron chi connectivity index (χ0n) is 11.0. The number of hydrogen-bond acceptors (Lipinski definition) is 2. The van der Waals surface area contributed by atoms with E-state index in [0.29, 0.717) is 0 Å². The Morgan fingerprint density at radius 3 is 2.78 bits per heavy atom. The van der Waals surface area contributed by atoms with Crippen LogP contribution in [0.5, 0.6) is 0 Å². The minimum absolute atomic E-state index is 0.976. The molecule has 1 heterocycles. The zero-order chi connectivity index (χ0) is 13.1. The highest BCUT2D eigenvalue weighted by Crippen LogP contribution is 2.21. The lowest BCUT2D eigenvalue weighted by Gasteiger charge is -2.07. The van der Waals surface area contributed by atoms with Crippen LogP contribution in [-0.2, 0) is 6.42 Å². The molecule has 0 saturated heterocycles. The van der Waals surface area contributed by atoms with Gasteiger partial charge in [-0.25, -0.2) is 4.68 Å². The summed E-state index contributed by atoms with van der Waals surface area (Å²) in [6.45, 7) is 5.18. The zero-order valence-corrected chi connectivity index (χ0v) is 12.6. The molecule has 0 saturated carbocycles. The molecule has 0 fully saturated rings. The van der Waals surface area contributed by atoms with Gasteiger partial charge in [-0.05, 0) is 57.1 Å². The molecule has 0 bridgehead atoms. The van der Waals surface area contributed by atoms with Crippen LogP contribution in [0, 0.1) is 13.8 Å². The summed E-state index contributed by atoms with van der Waals surface area (Å²) in [6, 6.07) is 6.31. The van der Waals surface area contributed by atoms with E-state index in [1.54, 1.807) is 0 Å². The van der Waals surface area contributed by atoms with Gasteiger partial charge in [0.05, 0.1) is 11.9 Å². The van der Waals surface area contributed by atoms with Crippen LogP contribution in [0.1, 0.15) is 16.8 Å². The summed E-state index contributed by atoms with van der Waals surface area (Å²) in [6.07, 6.45) is 2.97. The molecule has 0 aliphatic carbocycles. The highest BCUT2D eigenvalue weighted by atomic mass is 79.9. The maximum absolute atomic E-state index is 4.48. The van der Waals surface area contributed by atoms with Gasteiger partial charge in [-0.1, -0.05) is 22.0 Å². The standard InChI is InChI=1S/C14H18BrN3/c1-10-4-5-13(8-14(10)15)18-11(2)12(9-17-18)6-7-16-3/h4-5,8-9,16H,6-7H2,1-3H3. The third-order valence-electron chi connectivity index (χ3n) is 3.16. The number of aromatic nitrogens is 2. The van der Waals surface area contributed by atoms with E-state index in [9.17, 15) is 0 Å². The number of nitrogens with zero attached hydrogens (tertiary/aromatic N) is 2. The molecule has 0 radical (unpaired) electrons. The van der Waals surface area contributed by atoms with Gasteiger partial charge >= 0.3 is 0 Å². The molecule has 2 aromatic rings. The molecule has 0 amide bonds. The molecule has 1 N–H and O–H groups in total. The Morgan fingerprint density at radius 2 is 2.11 bits per heavy atom. The fraction of sp³-hybridized carbons (Fsp3) is 0.357. The van der Waals surface area contributed by atoms with Crippen molar-refractivity contribution in [2.24, 2.45) is 0 Å². The number of likely N-dealkylation sites (N-methyl/N-ethyl adjacent to an activating group) is 1. The highest BCUT2D eigenvalue weighted by Gasteiger charge is 2.08. The quantitative estimate of drug-likeness (QED) is 0.941. The minimum atomic E-state index is 0.976. The summed E-state index contributed by atoms with van der Waals surface area (Å²) in [4.78, 5) is 0. The summed E-state index contributed by atoms with van der Waals surface area (Å²) in [5, 5.41) is 7.64. The van der Waals surface area contributed by atoms with Gasteiger partial charge in [-0.3, -0.25) is 0 Å². The first kappa shape index (κ1) is 13.3. The van der Waals surface area contributed by atoms with E-state index < -0.39 is 0 Å². The summed E-state index contributed by atoms with van der Waals surface area (Å²) in [5.74, 6) is 0. The maximum atomic E-state index is 4.48. The van der Waals surface area contributed by atoms with Crippen molar-refractivity contribution in [1.29, 1.82) is 0 Å². The number of rotatable bonds is 4. The maximum Gasteiger partial charge on any atom is 0.0660 e. The molecular formula is C14H18BrN3. The Balaban J connectivity index is 2.33. The fourth-order valence-corrected chi connectivity index (χ4v) is 2.29. The first-order chi connectivity index (χ1) is 8.63. The Kier molecular flexibility index (Phi) is 4.19. The van der Waals surface area contributed by atoms with Crippen molar-refractivity contribution in [2.75, 3.05) is 13.6 Å². The average molecular weight is 308 g/mol. The molecule has 1 aromatic carbocycles. The predicted molar refractivity (Wildman–Crippen MR) is 78.4 cm³/mol. The summed E-state index contributed by atoms with van der Waals surface area (Å²) >= 11 is 3.57. The van der Waals surface area contributed by atoms with Gasteiger partial charge in [0.2, 0.25) is 0 Å². The molecule has 0 atom stereocenters. The summed E-state index contributed by atoms with van der Waals surface area (Å²) in [7, 11) is 1.97. The van der Waals surface area contributed by atoms with E-state index in [4.69, 9.17) is 0 Å². The van der Waals surface area contributed by atoms with Gasteiger partial charge in [0.1, 0.15) is 0 Å². The second kappa shape index (κ2) is 5.67. The van der Waals surface area contributed by atoms with Crippen molar-refractivity contribution in [3.8, 4) is 5.69 Å². The van der Waals surface area contributed by atoms with E-state index in [1.165, 1.54) is 16.8 Å². The van der Waals surface area contributed by atoms with Crippen LogP contribution in [0.25, 0.3) is 5.69 Å². The molecule has 1 aromatic heterocycles. The molecule has 4 heteroatoms. The molecule has 3 nitrogen and oxygen atoms in total. The van der Waals surface area contributed by atoms with Crippen molar-refractivity contribution in [2.45, 2.75) is 20.3 Å². The van der Waals surface area contributed by atoms with Crippen LogP contribution in [0.15, 0.2) is 28.9 Å². The molecule has 2 rings (SSSR count). The summed E-state index contributed by atoms with van der Waals surface area (Å²) < 4.78 is 3.11. The Labute approximate surface area is 116 Å². The fourth-order valence-electron chi connectivity index (χ4n) is 1.92. The molecule has 96 valence electrons. The smallest absolute Gasteiger partial charge is 0.0660 e. The molecule has 0 aliphatic heterocycles. The molecule has 18 heavy (non-hydrogen) atoms. The monoisotopic (exact) mass is 307 g/mol. The van der Waals surface area contributed by atoms with Crippen LogP contribution in [0.3, 0.4) is 0 Å². The van der Waals surface area contributed by atoms with Gasteiger partial charge in [0, 0.05) is 10.2 Å². The van der Waals surface area contributed by atoms with Crippen molar-refractivity contribution in [3.05, 3.63) is 45.7 Å². The second-order valence-electron chi connectivity index (χ2n) is 4.45. The average Bonchev–Trinajstić information content (AvgIpc) is 2.72. The number of hydrogen-bond donors (Lipinski definition) is 1. The molecule has 0 spiro atoms. The van der Waals surface area contributed by atoms with Crippen molar-refractivity contribution in [1.82, 2.24) is 15.1 Å². The first-order valence-electron chi connectivity index (χ1n) is 6.08. The first-order valence-corrected chi connectivity index (χ1v) is 6.87. The second-order valence-corrected chi connectivity index (χ2v) is 5.31. The molecule has 0 unspecified atom stereocenters. The Bertz CT molecular complexity index is 546. The molecule has 0 aliphatic rings. The van der Waals surface area contributed by atoms with Crippen LogP contribution in [-0.4, -0.2) is 23.4 Å². The van der Waals surface area contributed by atoms with E-state index in [-0.39, 0.29) is 0 Å². The van der Waals surface area contributed by atoms with E-state index >= 15 is 0 Å². The summed E-state index contributed by atoms with van der Waals surface area (Å²) in [5.41, 5.74) is 4.83. The third kappa shape index (κ3) is 2.65. The lowest BCUT2D eigenvalue weighted by Crippen LogP contribution is -2.10. The minimum Gasteiger partial charge on any atom is -0.319 e. The van der Waals surface area contributed by atoms with E-state index in [2.05, 4.69) is 58.4 Å². The number of benzene rings is 1. The largest absolute Gasteiger partial charge is 0.319 e. The van der Waals surface area contributed by atoms with Crippen LogP contribution < -0.4 is 5.32 Å². The third-order valence-corrected chi connectivity index (χ3v) is 4.01. The van der Waals surface area contributed by atoms with E-state index in [1.807, 2.05) is 17.9 Å². The Hall–Kier alpha value is -1.13. The van der Waals surface area contributed by atoms with Crippen molar-refractivity contribution >= 4 is 15.9 Å². The number of aryl methyl sites for hydroxylation is 1. The lowest BCUT2D eigenvalue weighted by molar-refractivity contribution is 0.784. The van der Waals surface area contributed by atoms with E-state index in [0.717, 1.165) is 23.1 Å². The predicted octanol–water partition coefficient (Wildman–Crippen LogP) is 3.01. The van der Waals surface area contributed by atoms with Crippen molar-refractivity contribution < 1.29 is 0 Å².